The van der Waals surface area contributed by atoms with Crippen molar-refractivity contribution in [1.82, 2.24) is 4.98 Å². The lowest BCUT2D eigenvalue weighted by molar-refractivity contribution is -0.118. The molecule has 3 aromatic rings. The third-order valence-corrected chi connectivity index (χ3v) is 4.55. The lowest BCUT2D eigenvalue weighted by Crippen LogP contribution is -2.21. The predicted molar refractivity (Wildman–Crippen MR) is 97.6 cm³/mol. The summed E-state index contributed by atoms with van der Waals surface area (Å²) in [5.74, 6) is -1.76. The predicted octanol–water partition coefficient (Wildman–Crippen LogP) is 5.06. The number of amides is 1. The Morgan fingerprint density at radius 2 is 1.96 bits per heavy atom. The molecule has 128 valence electrons. The van der Waals surface area contributed by atoms with Crippen molar-refractivity contribution < 1.29 is 18.3 Å². The molecule has 0 fully saturated rings. The summed E-state index contributed by atoms with van der Waals surface area (Å²) < 4.78 is 33.5. The van der Waals surface area contributed by atoms with Gasteiger partial charge in [-0.1, -0.05) is 22.0 Å². The average Bonchev–Trinajstić information content (AvgIpc) is 2.57. The molecule has 0 spiro atoms. The van der Waals surface area contributed by atoms with E-state index in [1.54, 1.807) is 18.3 Å². The Balaban J connectivity index is 1.77. The van der Waals surface area contributed by atoms with E-state index in [1.807, 2.05) is 6.07 Å². The van der Waals surface area contributed by atoms with E-state index in [0.29, 0.717) is 21.8 Å². The Morgan fingerprint density at radius 1 is 1.16 bits per heavy atom. The molecule has 0 aliphatic carbocycles. The van der Waals surface area contributed by atoms with Crippen LogP contribution < -0.4 is 10.1 Å². The molecule has 0 saturated heterocycles. The molecule has 0 radical (unpaired) electrons. The van der Waals surface area contributed by atoms with Crippen LogP contribution in [0, 0.1) is 11.6 Å². The van der Waals surface area contributed by atoms with Gasteiger partial charge in [0.25, 0.3) is 5.91 Å². The highest BCUT2D eigenvalue weighted by atomic mass is 79.9. The number of carbonyl (C=O) groups is 1. The molecular weight excluding hydrogens is 462 g/mol. The Morgan fingerprint density at radius 3 is 2.72 bits per heavy atom. The number of aromatic nitrogens is 1. The number of benzene rings is 2. The van der Waals surface area contributed by atoms with Crippen molar-refractivity contribution in [2.24, 2.45) is 0 Å². The first kappa shape index (κ1) is 17.8. The topological polar surface area (TPSA) is 51.2 Å². The first-order chi connectivity index (χ1) is 12.0. The highest BCUT2D eigenvalue weighted by Gasteiger charge is 2.14. The molecule has 0 saturated carbocycles. The number of anilines is 1. The summed E-state index contributed by atoms with van der Waals surface area (Å²) in [6.07, 6.45) is 1.61. The Kier molecular flexibility index (Phi) is 5.29. The normalized spacial score (nSPS) is 10.7. The summed E-state index contributed by atoms with van der Waals surface area (Å²) in [5, 5.41) is 3.16. The van der Waals surface area contributed by atoms with Crippen molar-refractivity contribution in [3.05, 3.63) is 63.2 Å². The number of nitrogens with one attached hydrogen (secondary N) is 1. The number of nitrogens with zero attached hydrogens (tertiary/aromatic N) is 1. The van der Waals surface area contributed by atoms with E-state index in [-0.39, 0.29) is 12.3 Å². The van der Waals surface area contributed by atoms with Gasteiger partial charge < -0.3 is 10.1 Å². The molecular formula is C17H10Br2F2N2O2. The van der Waals surface area contributed by atoms with Gasteiger partial charge in [-0.25, -0.2) is 8.78 Å². The number of halogens is 4. The Hall–Kier alpha value is -2.06. The van der Waals surface area contributed by atoms with E-state index in [2.05, 4.69) is 42.2 Å². The van der Waals surface area contributed by atoms with E-state index >= 15 is 0 Å². The average molecular weight is 472 g/mol. The summed E-state index contributed by atoms with van der Waals surface area (Å²) in [7, 11) is 0. The minimum atomic E-state index is -0.856. The zero-order valence-corrected chi connectivity index (χ0v) is 15.7. The van der Waals surface area contributed by atoms with Crippen molar-refractivity contribution in [2.75, 3.05) is 11.9 Å². The summed E-state index contributed by atoms with van der Waals surface area (Å²) >= 11 is 6.82. The van der Waals surface area contributed by atoms with Crippen LogP contribution in [0.5, 0.6) is 5.75 Å². The van der Waals surface area contributed by atoms with Gasteiger partial charge in [0, 0.05) is 22.1 Å². The number of pyridine rings is 1. The molecule has 1 amide bonds. The largest absolute Gasteiger partial charge is 0.480 e. The number of hydrogen-bond acceptors (Lipinski definition) is 3. The molecule has 1 aromatic heterocycles. The van der Waals surface area contributed by atoms with Gasteiger partial charge in [-0.2, -0.15) is 0 Å². The van der Waals surface area contributed by atoms with E-state index in [4.69, 9.17) is 4.74 Å². The quantitative estimate of drug-likeness (QED) is 0.578. The molecule has 8 heteroatoms. The van der Waals surface area contributed by atoms with Gasteiger partial charge >= 0.3 is 0 Å². The van der Waals surface area contributed by atoms with Gasteiger partial charge in [0.05, 0.1) is 10.2 Å². The van der Waals surface area contributed by atoms with Crippen LogP contribution in [-0.2, 0) is 4.79 Å². The standard InChI is InChI=1S/C17H10Br2F2N2O2/c18-11-7-12(19)17(16-10(11)2-1-5-22-16)25-8-15(24)23-14-4-3-9(20)6-13(14)21/h1-7H,8H2,(H,23,24). The zero-order chi connectivity index (χ0) is 18.0. The number of rotatable bonds is 4. The number of fused-ring (bicyclic) bond motifs is 1. The SMILES string of the molecule is O=C(COc1c(Br)cc(Br)c2cccnc12)Nc1ccc(F)cc1F. The van der Waals surface area contributed by atoms with Crippen molar-refractivity contribution in [2.45, 2.75) is 0 Å². The molecule has 0 atom stereocenters. The monoisotopic (exact) mass is 470 g/mol. The number of hydrogen-bond donors (Lipinski definition) is 1. The molecule has 3 rings (SSSR count). The van der Waals surface area contributed by atoms with Crippen LogP contribution >= 0.6 is 31.9 Å². The second kappa shape index (κ2) is 7.45. The number of carbonyl (C=O) groups excluding carboxylic acids is 1. The molecule has 0 aliphatic rings. The van der Waals surface area contributed by atoms with Crippen LogP contribution in [-0.4, -0.2) is 17.5 Å². The van der Waals surface area contributed by atoms with Crippen LogP contribution in [0.4, 0.5) is 14.5 Å². The smallest absolute Gasteiger partial charge is 0.262 e. The third-order valence-electron chi connectivity index (χ3n) is 3.30. The Labute approximate surface area is 158 Å². The first-order valence-corrected chi connectivity index (χ1v) is 8.64. The summed E-state index contributed by atoms with van der Waals surface area (Å²) in [4.78, 5) is 16.3. The van der Waals surface area contributed by atoms with Gasteiger partial charge in [0.1, 0.15) is 17.2 Å². The van der Waals surface area contributed by atoms with Gasteiger partial charge in [-0.3, -0.25) is 9.78 Å². The molecule has 0 aliphatic heterocycles. The summed E-state index contributed by atoms with van der Waals surface area (Å²) in [6.45, 7) is -0.358. The minimum absolute atomic E-state index is 0.118. The molecule has 0 unspecified atom stereocenters. The minimum Gasteiger partial charge on any atom is -0.480 e. The van der Waals surface area contributed by atoms with Crippen molar-refractivity contribution in [3.63, 3.8) is 0 Å². The fraction of sp³-hybridized carbons (Fsp3) is 0.0588. The van der Waals surface area contributed by atoms with Crippen molar-refractivity contribution in [3.8, 4) is 5.75 Å². The fourth-order valence-electron chi connectivity index (χ4n) is 2.20. The van der Waals surface area contributed by atoms with Crippen LogP contribution in [0.25, 0.3) is 10.9 Å². The maximum atomic E-state index is 13.6. The van der Waals surface area contributed by atoms with Crippen LogP contribution in [0.15, 0.2) is 51.5 Å². The maximum Gasteiger partial charge on any atom is 0.262 e. The molecule has 2 aromatic carbocycles. The first-order valence-electron chi connectivity index (χ1n) is 7.06. The Bertz CT molecular complexity index is 967. The van der Waals surface area contributed by atoms with Gasteiger partial charge in [0.2, 0.25) is 0 Å². The second-order valence-corrected chi connectivity index (χ2v) is 6.74. The highest BCUT2D eigenvalue weighted by Crippen LogP contribution is 2.37. The lowest BCUT2D eigenvalue weighted by Gasteiger charge is -2.12. The highest BCUT2D eigenvalue weighted by molar-refractivity contribution is 9.11. The third kappa shape index (κ3) is 3.96. The molecule has 1 N–H and O–H groups in total. The number of ether oxygens (including phenoxy) is 1. The second-order valence-electron chi connectivity index (χ2n) is 5.03. The van der Waals surface area contributed by atoms with Crippen LogP contribution in [0.1, 0.15) is 0 Å². The van der Waals surface area contributed by atoms with E-state index in [9.17, 15) is 13.6 Å². The van der Waals surface area contributed by atoms with Crippen molar-refractivity contribution >= 4 is 54.4 Å². The fourth-order valence-corrected chi connectivity index (χ4v) is 3.59. The van der Waals surface area contributed by atoms with Gasteiger partial charge in [-0.05, 0) is 40.2 Å². The van der Waals surface area contributed by atoms with Crippen LogP contribution in [0.3, 0.4) is 0 Å². The maximum absolute atomic E-state index is 13.6. The molecule has 1 heterocycles. The van der Waals surface area contributed by atoms with Gasteiger partial charge in [-0.15, -0.1) is 0 Å². The van der Waals surface area contributed by atoms with Crippen LogP contribution in [0.2, 0.25) is 0 Å². The van der Waals surface area contributed by atoms with Gasteiger partial charge in [0.15, 0.2) is 12.4 Å². The van der Waals surface area contributed by atoms with Crippen molar-refractivity contribution in [1.29, 1.82) is 0 Å². The van der Waals surface area contributed by atoms with E-state index in [1.165, 1.54) is 0 Å². The molecule has 0 bridgehead atoms. The van der Waals surface area contributed by atoms with E-state index in [0.717, 1.165) is 22.0 Å². The van der Waals surface area contributed by atoms with E-state index < -0.39 is 17.5 Å². The summed E-state index contributed by atoms with van der Waals surface area (Å²) in [6, 6.07) is 8.34. The molecule has 4 nitrogen and oxygen atoms in total. The zero-order valence-electron chi connectivity index (χ0n) is 12.5. The lowest BCUT2D eigenvalue weighted by atomic mass is 10.2. The molecule has 25 heavy (non-hydrogen) atoms. The summed E-state index contributed by atoms with van der Waals surface area (Å²) in [5.41, 5.74) is 0.456.